The Morgan fingerprint density at radius 1 is 1.42 bits per heavy atom. The van der Waals surface area contributed by atoms with Crippen LogP contribution in [-0.4, -0.2) is 30.3 Å². The molecule has 0 radical (unpaired) electrons. The Kier molecular flexibility index (Phi) is 4.31. The number of allylic oxidation sites excluding steroid dienone is 1. The van der Waals surface area contributed by atoms with Crippen molar-refractivity contribution in [2.24, 2.45) is 0 Å². The highest BCUT2D eigenvalue weighted by Crippen LogP contribution is 2.32. The fourth-order valence-corrected chi connectivity index (χ4v) is 2.20. The van der Waals surface area contributed by atoms with Crippen molar-refractivity contribution in [3.05, 3.63) is 24.4 Å². The molecule has 0 aromatic carbocycles. The summed E-state index contributed by atoms with van der Waals surface area (Å²) in [5, 5.41) is 16.2. The van der Waals surface area contributed by atoms with Gasteiger partial charge in [-0.3, -0.25) is 0 Å². The van der Waals surface area contributed by atoms with Crippen LogP contribution in [0.4, 0.5) is 0 Å². The van der Waals surface area contributed by atoms with Gasteiger partial charge in [-0.25, -0.2) is 4.68 Å². The molecule has 0 unspecified atom stereocenters. The van der Waals surface area contributed by atoms with E-state index in [0.717, 1.165) is 0 Å². The highest BCUT2D eigenvalue weighted by atomic mass is 32.2. The van der Waals surface area contributed by atoms with Crippen molar-refractivity contribution in [3.8, 4) is 0 Å². The molecule has 0 aliphatic rings. The summed E-state index contributed by atoms with van der Waals surface area (Å²) in [5.41, 5.74) is 0. The van der Waals surface area contributed by atoms with Gasteiger partial charge in [-0.05, 0) is 17.4 Å². The minimum Gasteiger partial charge on any atom is -0.338 e. The lowest BCUT2D eigenvalue weighted by atomic mass is 10.2. The van der Waals surface area contributed by atoms with Gasteiger partial charge in [-0.15, -0.1) is 11.7 Å². The van der Waals surface area contributed by atoms with Crippen LogP contribution in [0.2, 0.25) is 0 Å². The summed E-state index contributed by atoms with van der Waals surface area (Å²) in [6.45, 7) is 10.3. The molecule has 0 fully saturated rings. The van der Waals surface area contributed by atoms with E-state index in [1.165, 1.54) is 11.8 Å². The van der Waals surface area contributed by atoms with Gasteiger partial charge in [-0.2, -0.15) is 4.98 Å². The zero-order valence-electron chi connectivity index (χ0n) is 11.1. The van der Waals surface area contributed by atoms with Crippen LogP contribution in [0.3, 0.4) is 0 Å². The third-order valence-corrected chi connectivity index (χ3v) is 3.46. The van der Waals surface area contributed by atoms with Crippen molar-refractivity contribution in [2.75, 3.05) is 0 Å². The zero-order valence-corrected chi connectivity index (χ0v) is 12.0. The largest absolute Gasteiger partial charge is 0.338 e. The molecule has 0 N–H and O–H groups in total. The molecule has 8 heteroatoms. The average Bonchev–Trinajstić information content (AvgIpc) is 2.99. The second kappa shape index (κ2) is 5.96. The molecule has 0 saturated heterocycles. The SMILES string of the molecule is C=CCn1nnnc1S[C@H](C)c1nc(C(C)C)no1. The van der Waals surface area contributed by atoms with Crippen LogP contribution in [0.15, 0.2) is 22.3 Å². The van der Waals surface area contributed by atoms with Gasteiger partial charge in [0, 0.05) is 5.92 Å². The molecule has 2 aromatic rings. The Bertz CT molecular complexity index is 549. The Balaban J connectivity index is 2.09. The highest BCUT2D eigenvalue weighted by Gasteiger charge is 2.19. The molecule has 2 aromatic heterocycles. The topological polar surface area (TPSA) is 82.5 Å². The van der Waals surface area contributed by atoms with Crippen molar-refractivity contribution in [1.29, 1.82) is 0 Å². The summed E-state index contributed by atoms with van der Waals surface area (Å²) in [5.74, 6) is 1.55. The zero-order chi connectivity index (χ0) is 13.8. The average molecular weight is 280 g/mol. The molecule has 0 aliphatic carbocycles. The van der Waals surface area contributed by atoms with E-state index >= 15 is 0 Å². The molecule has 2 heterocycles. The Hall–Kier alpha value is -1.70. The van der Waals surface area contributed by atoms with Gasteiger partial charge in [-0.1, -0.05) is 36.8 Å². The van der Waals surface area contributed by atoms with Crippen LogP contribution in [0, 0.1) is 0 Å². The summed E-state index contributed by atoms with van der Waals surface area (Å²) < 4.78 is 6.93. The fraction of sp³-hybridized carbons (Fsp3) is 0.545. The summed E-state index contributed by atoms with van der Waals surface area (Å²) in [6, 6.07) is 0. The first-order chi connectivity index (χ1) is 9.11. The molecule has 0 saturated carbocycles. The second-order valence-electron chi connectivity index (χ2n) is 4.34. The summed E-state index contributed by atoms with van der Waals surface area (Å²) in [4.78, 5) is 4.37. The van der Waals surface area contributed by atoms with E-state index in [9.17, 15) is 0 Å². The Morgan fingerprint density at radius 2 is 2.21 bits per heavy atom. The molecule has 0 amide bonds. The molecular weight excluding hydrogens is 264 g/mol. The van der Waals surface area contributed by atoms with Crippen molar-refractivity contribution in [3.63, 3.8) is 0 Å². The fourth-order valence-electron chi connectivity index (χ4n) is 1.37. The number of rotatable bonds is 6. The number of hydrogen-bond acceptors (Lipinski definition) is 7. The lowest BCUT2D eigenvalue weighted by Crippen LogP contribution is -2.01. The second-order valence-corrected chi connectivity index (χ2v) is 5.65. The van der Waals surface area contributed by atoms with E-state index in [4.69, 9.17) is 4.52 Å². The minimum absolute atomic E-state index is 0.00503. The van der Waals surface area contributed by atoms with Crippen LogP contribution in [-0.2, 0) is 6.54 Å². The van der Waals surface area contributed by atoms with Crippen molar-refractivity contribution >= 4 is 11.8 Å². The molecule has 0 spiro atoms. The van der Waals surface area contributed by atoms with Crippen LogP contribution < -0.4 is 0 Å². The van der Waals surface area contributed by atoms with Gasteiger partial charge >= 0.3 is 0 Å². The van der Waals surface area contributed by atoms with E-state index in [-0.39, 0.29) is 11.2 Å². The van der Waals surface area contributed by atoms with Crippen LogP contribution in [0.25, 0.3) is 0 Å². The first kappa shape index (κ1) is 13.7. The third-order valence-electron chi connectivity index (χ3n) is 2.40. The molecule has 2 rings (SSSR count). The number of tetrazole rings is 1. The van der Waals surface area contributed by atoms with Gasteiger partial charge in [0.2, 0.25) is 11.0 Å². The Labute approximate surface area is 115 Å². The number of thioether (sulfide) groups is 1. The first-order valence-electron chi connectivity index (χ1n) is 5.99. The highest BCUT2D eigenvalue weighted by molar-refractivity contribution is 7.99. The van der Waals surface area contributed by atoms with Gasteiger partial charge in [0.1, 0.15) is 0 Å². The van der Waals surface area contributed by atoms with Crippen molar-refractivity contribution in [2.45, 2.75) is 43.6 Å². The van der Waals surface area contributed by atoms with Crippen molar-refractivity contribution in [1.82, 2.24) is 30.3 Å². The van der Waals surface area contributed by atoms with E-state index in [0.29, 0.717) is 23.4 Å². The predicted molar refractivity (Wildman–Crippen MR) is 70.7 cm³/mol. The molecule has 0 aliphatic heterocycles. The maximum Gasteiger partial charge on any atom is 0.239 e. The maximum atomic E-state index is 5.26. The molecular formula is C11H16N6OS. The quantitative estimate of drug-likeness (QED) is 0.592. The van der Waals surface area contributed by atoms with Crippen LogP contribution >= 0.6 is 11.8 Å². The third kappa shape index (κ3) is 3.19. The lowest BCUT2D eigenvalue weighted by Gasteiger charge is -2.05. The van der Waals surface area contributed by atoms with E-state index < -0.39 is 0 Å². The van der Waals surface area contributed by atoms with Gasteiger partial charge < -0.3 is 4.52 Å². The number of nitrogens with zero attached hydrogens (tertiary/aromatic N) is 6. The van der Waals surface area contributed by atoms with E-state index in [1.807, 2.05) is 20.8 Å². The predicted octanol–water partition coefficient (Wildman–Crippen LogP) is 2.22. The monoisotopic (exact) mass is 280 g/mol. The minimum atomic E-state index is -0.00503. The number of aromatic nitrogens is 6. The summed E-state index contributed by atoms with van der Waals surface area (Å²) in [7, 11) is 0. The molecule has 19 heavy (non-hydrogen) atoms. The maximum absolute atomic E-state index is 5.26. The van der Waals surface area contributed by atoms with Crippen molar-refractivity contribution < 1.29 is 4.52 Å². The van der Waals surface area contributed by atoms with Gasteiger partial charge in [0.05, 0.1) is 11.8 Å². The molecule has 102 valence electrons. The Morgan fingerprint density at radius 3 is 2.84 bits per heavy atom. The van der Waals surface area contributed by atoms with Gasteiger partial charge in [0.15, 0.2) is 5.82 Å². The molecule has 1 atom stereocenters. The summed E-state index contributed by atoms with van der Waals surface area (Å²) in [6.07, 6.45) is 1.74. The molecule has 0 bridgehead atoms. The van der Waals surface area contributed by atoms with Crippen LogP contribution in [0.1, 0.15) is 43.7 Å². The first-order valence-corrected chi connectivity index (χ1v) is 6.87. The van der Waals surface area contributed by atoms with Crippen LogP contribution in [0.5, 0.6) is 0 Å². The lowest BCUT2D eigenvalue weighted by molar-refractivity contribution is 0.372. The number of hydrogen-bond donors (Lipinski definition) is 0. The summed E-state index contributed by atoms with van der Waals surface area (Å²) >= 11 is 1.48. The van der Waals surface area contributed by atoms with E-state index in [1.54, 1.807) is 10.8 Å². The molecule has 7 nitrogen and oxygen atoms in total. The standard InChI is InChI=1S/C11H16N6OS/c1-5-6-17-11(13-15-16-17)19-8(4)10-12-9(7(2)3)14-18-10/h5,7-8H,1,6H2,2-4H3/t8-/m1/s1. The normalized spacial score (nSPS) is 12.8. The van der Waals surface area contributed by atoms with Gasteiger partial charge in [0.25, 0.3) is 0 Å². The smallest absolute Gasteiger partial charge is 0.239 e. The van der Waals surface area contributed by atoms with E-state index in [2.05, 4.69) is 32.2 Å².